The van der Waals surface area contributed by atoms with Crippen molar-refractivity contribution in [2.24, 2.45) is 0 Å². The molecule has 0 aromatic heterocycles. The van der Waals surface area contributed by atoms with E-state index in [1.807, 2.05) is 30.3 Å². The molecule has 0 radical (unpaired) electrons. The molecule has 0 unspecified atom stereocenters. The van der Waals surface area contributed by atoms with E-state index in [1.165, 1.54) is 13.2 Å². The van der Waals surface area contributed by atoms with Crippen molar-refractivity contribution in [2.45, 2.75) is 0 Å². The second-order valence-electron chi connectivity index (χ2n) is 6.28. The van der Waals surface area contributed by atoms with Crippen LogP contribution in [-0.4, -0.2) is 19.7 Å². The molecule has 3 aromatic carbocycles. The monoisotopic (exact) mass is 453 g/mol. The first-order valence-electron chi connectivity index (χ1n) is 9.14. The van der Waals surface area contributed by atoms with Crippen LogP contribution in [0.25, 0.3) is 11.6 Å². The van der Waals surface area contributed by atoms with E-state index >= 15 is 0 Å². The Balaban J connectivity index is 1.71. The van der Waals surface area contributed by atoms with Crippen LogP contribution in [-0.2, 0) is 4.79 Å². The van der Waals surface area contributed by atoms with E-state index in [1.54, 1.807) is 36.4 Å². The second kappa shape index (κ2) is 10.5. The highest BCUT2D eigenvalue weighted by atomic mass is 35.5. The molecule has 0 amide bonds. The topological polar surface area (TPSA) is 68.5 Å². The minimum absolute atomic E-state index is 0.230. The Morgan fingerprint density at radius 3 is 2.42 bits per heavy atom. The normalized spacial score (nSPS) is 10.8. The molecule has 0 aliphatic heterocycles. The van der Waals surface area contributed by atoms with Gasteiger partial charge in [-0.3, -0.25) is 0 Å². The summed E-state index contributed by atoms with van der Waals surface area (Å²) in [5, 5.41) is 10.2. The molecule has 0 bridgehead atoms. The van der Waals surface area contributed by atoms with E-state index in [0.29, 0.717) is 27.1 Å². The standard InChI is InChI=1S/C24H17Cl2NO4/c1-29-23-12-16(11-18(14-27)17-5-3-2-4-6-17)7-9-22(23)31-24(28)15-30-21-10-8-19(25)13-20(21)26/h2-13H,15H2,1H3/b18-11-. The first kappa shape index (κ1) is 22.2. The minimum atomic E-state index is -0.630. The third-order valence-corrected chi connectivity index (χ3v) is 4.70. The summed E-state index contributed by atoms with van der Waals surface area (Å²) in [5.41, 5.74) is 2.03. The van der Waals surface area contributed by atoms with Crippen molar-refractivity contribution < 1.29 is 19.0 Å². The summed E-state index contributed by atoms with van der Waals surface area (Å²) in [4.78, 5) is 12.2. The quantitative estimate of drug-likeness (QED) is 0.188. The molecule has 3 rings (SSSR count). The van der Waals surface area contributed by atoms with Crippen molar-refractivity contribution in [1.29, 1.82) is 5.26 Å². The second-order valence-corrected chi connectivity index (χ2v) is 7.13. The maximum Gasteiger partial charge on any atom is 0.349 e. The van der Waals surface area contributed by atoms with E-state index in [2.05, 4.69) is 6.07 Å². The molecule has 0 spiro atoms. The molecule has 0 aliphatic rings. The Bertz CT molecular complexity index is 1150. The van der Waals surface area contributed by atoms with Crippen LogP contribution >= 0.6 is 23.2 Å². The van der Waals surface area contributed by atoms with Gasteiger partial charge in [-0.1, -0.05) is 59.6 Å². The molecule has 7 heteroatoms. The largest absolute Gasteiger partial charge is 0.493 e. The van der Waals surface area contributed by atoms with Crippen molar-refractivity contribution in [3.63, 3.8) is 0 Å². The predicted molar refractivity (Wildman–Crippen MR) is 121 cm³/mol. The lowest BCUT2D eigenvalue weighted by Gasteiger charge is -2.11. The number of carbonyl (C=O) groups excluding carboxylic acids is 1. The summed E-state index contributed by atoms with van der Waals surface area (Å²) in [6.07, 6.45) is 1.73. The van der Waals surface area contributed by atoms with Gasteiger partial charge < -0.3 is 14.2 Å². The van der Waals surface area contributed by atoms with Gasteiger partial charge in [0.2, 0.25) is 0 Å². The van der Waals surface area contributed by atoms with Crippen molar-refractivity contribution >= 4 is 40.8 Å². The number of ether oxygens (including phenoxy) is 3. The molecule has 3 aromatic rings. The van der Waals surface area contributed by atoms with Gasteiger partial charge >= 0.3 is 5.97 Å². The van der Waals surface area contributed by atoms with Crippen LogP contribution in [0.4, 0.5) is 0 Å². The number of nitriles is 1. The number of nitrogens with zero attached hydrogens (tertiary/aromatic N) is 1. The third kappa shape index (κ3) is 6.02. The van der Waals surface area contributed by atoms with Crippen molar-refractivity contribution in [2.75, 3.05) is 13.7 Å². The van der Waals surface area contributed by atoms with Gasteiger partial charge in [0, 0.05) is 5.02 Å². The van der Waals surface area contributed by atoms with Gasteiger partial charge in [0.25, 0.3) is 0 Å². The molecule has 0 aliphatic carbocycles. The van der Waals surface area contributed by atoms with Gasteiger partial charge in [-0.25, -0.2) is 4.79 Å². The molecule has 0 saturated carbocycles. The van der Waals surface area contributed by atoms with Crippen molar-refractivity contribution in [1.82, 2.24) is 0 Å². The summed E-state index contributed by atoms with van der Waals surface area (Å²) < 4.78 is 16.1. The van der Waals surface area contributed by atoms with Crippen molar-refractivity contribution in [3.8, 4) is 23.3 Å². The minimum Gasteiger partial charge on any atom is -0.493 e. The number of rotatable bonds is 7. The number of methoxy groups -OCH3 is 1. The average Bonchev–Trinajstić information content (AvgIpc) is 2.78. The fourth-order valence-corrected chi connectivity index (χ4v) is 3.17. The highest BCUT2D eigenvalue weighted by Gasteiger charge is 2.13. The Morgan fingerprint density at radius 1 is 1.00 bits per heavy atom. The van der Waals surface area contributed by atoms with Gasteiger partial charge in [-0.2, -0.15) is 5.26 Å². The van der Waals surface area contributed by atoms with Crippen LogP contribution in [0.2, 0.25) is 10.0 Å². The van der Waals surface area contributed by atoms with E-state index < -0.39 is 5.97 Å². The van der Waals surface area contributed by atoms with Gasteiger partial charge in [0.1, 0.15) is 5.75 Å². The van der Waals surface area contributed by atoms with E-state index in [-0.39, 0.29) is 12.4 Å². The molecular weight excluding hydrogens is 437 g/mol. The fraction of sp³-hybridized carbons (Fsp3) is 0.0833. The van der Waals surface area contributed by atoms with Gasteiger partial charge in [-0.05, 0) is 47.5 Å². The smallest absolute Gasteiger partial charge is 0.349 e. The molecule has 31 heavy (non-hydrogen) atoms. The Hall–Kier alpha value is -3.46. The lowest BCUT2D eigenvalue weighted by atomic mass is 10.0. The molecule has 0 fully saturated rings. The average molecular weight is 454 g/mol. The van der Waals surface area contributed by atoms with Crippen LogP contribution < -0.4 is 14.2 Å². The molecule has 0 saturated heterocycles. The number of hydrogen-bond donors (Lipinski definition) is 0. The first-order valence-corrected chi connectivity index (χ1v) is 9.89. The molecule has 5 nitrogen and oxygen atoms in total. The number of carbonyl (C=O) groups is 1. The number of benzene rings is 3. The van der Waals surface area contributed by atoms with E-state index in [4.69, 9.17) is 37.4 Å². The van der Waals surface area contributed by atoms with Gasteiger partial charge in [0.15, 0.2) is 18.1 Å². The SMILES string of the molecule is COc1cc(/C=C(/C#N)c2ccccc2)ccc1OC(=O)COc1ccc(Cl)cc1Cl. The zero-order valence-electron chi connectivity index (χ0n) is 16.5. The van der Waals surface area contributed by atoms with Crippen LogP contribution in [0.5, 0.6) is 17.2 Å². The number of halogens is 2. The number of hydrogen-bond acceptors (Lipinski definition) is 5. The molecule has 0 heterocycles. The van der Waals surface area contributed by atoms with Gasteiger partial charge in [-0.15, -0.1) is 0 Å². The zero-order chi connectivity index (χ0) is 22.2. The van der Waals surface area contributed by atoms with Crippen LogP contribution in [0.1, 0.15) is 11.1 Å². The van der Waals surface area contributed by atoms with Crippen molar-refractivity contribution in [3.05, 3.63) is 87.9 Å². The number of allylic oxidation sites excluding steroid dienone is 1. The molecule has 156 valence electrons. The Labute approximate surface area is 190 Å². The summed E-state index contributed by atoms with van der Waals surface area (Å²) in [6.45, 7) is -0.348. The summed E-state index contributed by atoms with van der Waals surface area (Å²) in [6, 6.07) is 21.2. The predicted octanol–water partition coefficient (Wildman–Crippen LogP) is 6.05. The Morgan fingerprint density at radius 2 is 1.74 bits per heavy atom. The van der Waals surface area contributed by atoms with E-state index in [9.17, 15) is 10.1 Å². The molecule has 0 atom stereocenters. The summed E-state index contributed by atoms with van der Waals surface area (Å²) in [7, 11) is 1.46. The molecule has 0 N–H and O–H groups in total. The Kier molecular flexibility index (Phi) is 7.55. The van der Waals surface area contributed by atoms with Crippen LogP contribution in [0.3, 0.4) is 0 Å². The van der Waals surface area contributed by atoms with Crippen LogP contribution in [0, 0.1) is 11.3 Å². The molecular formula is C24H17Cl2NO4. The first-order chi connectivity index (χ1) is 15.0. The van der Waals surface area contributed by atoms with E-state index in [0.717, 1.165) is 11.1 Å². The highest BCUT2D eigenvalue weighted by molar-refractivity contribution is 6.35. The third-order valence-electron chi connectivity index (χ3n) is 4.17. The lowest BCUT2D eigenvalue weighted by molar-refractivity contribution is -0.136. The summed E-state index contributed by atoms with van der Waals surface area (Å²) >= 11 is 11.9. The highest BCUT2D eigenvalue weighted by Crippen LogP contribution is 2.31. The lowest BCUT2D eigenvalue weighted by Crippen LogP contribution is -2.18. The maximum absolute atomic E-state index is 12.2. The maximum atomic E-state index is 12.2. The van der Waals surface area contributed by atoms with Crippen LogP contribution in [0.15, 0.2) is 66.7 Å². The van der Waals surface area contributed by atoms with Gasteiger partial charge in [0.05, 0.1) is 23.8 Å². The summed E-state index contributed by atoms with van der Waals surface area (Å²) in [5.74, 6) is 0.265. The zero-order valence-corrected chi connectivity index (χ0v) is 18.0. The number of esters is 1. The fourth-order valence-electron chi connectivity index (χ4n) is 2.70.